The molecule has 0 saturated heterocycles. The second-order valence-corrected chi connectivity index (χ2v) is 4.02. The fraction of sp³-hybridized carbons (Fsp3) is 0.417. The number of aliphatic carboxylic acids is 1. The van der Waals surface area contributed by atoms with E-state index in [9.17, 15) is 9.90 Å². The van der Waals surface area contributed by atoms with Gasteiger partial charge in [-0.05, 0) is 49.2 Å². The van der Waals surface area contributed by atoms with Gasteiger partial charge in [-0.1, -0.05) is 0 Å². The molecule has 1 aromatic rings. The molecule has 88 valence electrons. The lowest BCUT2D eigenvalue weighted by molar-refractivity contribution is -0.137. The third-order valence-electron chi connectivity index (χ3n) is 2.69. The summed E-state index contributed by atoms with van der Waals surface area (Å²) in [7, 11) is 0. The zero-order chi connectivity index (χ0) is 12.3. The van der Waals surface area contributed by atoms with E-state index in [2.05, 4.69) is 0 Å². The van der Waals surface area contributed by atoms with Crippen LogP contribution < -0.4 is 5.73 Å². The minimum absolute atomic E-state index is 0.0168. The zero-order valence-electron chi connectivity index (χ0n) is 9.53. The van der Waals surface area contributed by atoms with Crippen molar-refractivity contribution in [3.63, 3.8) is 0 Å². The van der Waals surface area contributed by atoms with Crippen molar-refractivity contribution in [3.8, 4) is 5.75 Å². The van der Waals surface area contributed by atoms with Crippen LogP contribution in [-0.4, -0.2) is 22.7 Å². The predicted molar refractivity (Wildman–Crippen MR) is 61.6 cm³/mol. The summed E-state index contributed by atoms with van der Waals surface area (Å²) in [5.41, 5.74) is 8.30. The summed E-state index contributed by atoms with van der Waals surface area (Å²) < 4.78 is 0. The number of benzene rings is 1. The molecule has 1 atom stereocenters. The van der Waals surface area contributed by atoms with Gasteiger partial charge >= 0.3 is 5.97 Å². The number of rotatable bonds is 4. The van der Waals surface area contributed by atoms with Crippen LogP contribution in [0.3, 0.4) is 0 Å². The smallest absolute Gasteiger partial charge is 0.304 e. The van der Waals surface area contributed by atoms with Gasteiger partial charge in [-0.15, -0.1) is 0 Å². The van der Waals surface area contributed by atoms with Crippen LogP contribution in [0.1, 0.15) is 29.0 Å². The lowest BCUT2D eigenvalue weighted by Gasteiger charge is -2.18. The largest absolute Gasteiger partial charge is 0.508 e. The van der Waals surface area contributed by atoms with Gasteiger partial charge in [0.1, 0.15) is 5.75 Å². The number of phenols is 1. The van der Waals surface area contributed by atoms with Gasteiger partial charge in [0.15, 0.2) is 0 Å². The van der Waals surface area contributed by atoms with Crippen molar-refractivity contribution in [2.75, 3.05) is 6.54 Å². The molecule has 1 aromatic carbocycles. The average molecular weight is 223 g/mol. The molecule has 1 unspecified atom stereocenters. The van der Waals surface area contributed by atoms with Crippen molar-refractivity contribution in [2.24, 2.45) is 5.73 Å². The lowest BCUT2D eigenvalue weighted by Crippen LogP contribution is -2.18. The SMILES string of the molecule is Cc1cc(O)cc(C)c1C(CN)CC(=O)O. The molecule has 0 aliphatic rings. The normalized spacial score (nSPS) is 12.4. The highest BCUT2D eigenvalue weighted by atomic mass is 16.4. The molecule has 0 bridgehead atoms. The first-order valence-corrected chi connectivity index (χ1v) is 5.17. The number of aromatic hydroxyl groups is 1. The van der Waals surface area contributed by atoms with E-state index in [0.29, 0.717) is 6.54 Å². The third-order valence-corrected chi connectivity index (χ3v) is 2.69. The molecule has 0 aliphatic carbocycles. The minimum Gasteiger partial charge on any atom is -0.508 e. The highest BCUT2D eigenvalue weighted by molar-refractivity contribution is 5.68. The van der Waals surface area contributed by atoms with Crippen LogP contribution in [-0.2, 0) is 4.79 Å². The van der Waals surface area contributed by atoms with E-state index in [-0.39, 0.29) is 18.1 Å². The number of phenolic OH excluding ortho intramolecular Hbond substituents is 1. The number of aryl methyl sites for hydroxylation is 2. The van der Waals surface area contributed by atoms with Gasteiger partial charge in [0.2, 0.25) is 0 Å². The Morgan fingerprint density at radius 2 is 1.88 bits per heavy atom. The first-order valence-electron chi connectivity index (χ1n) is 5.17. The molecular formula is C12H17NO3. The van der Waals surface area contributed by atoms with Crippen LogP contribution in [0.4, 0.5) is 0 Å². The fourth-order valence-electron chi connectivity index (χ4n) is 2.11. The molecule has 0 aromatic heterocycles. The summed E-state index contributed by atoms with van der Waals surface area (Å²) in [6.07, 6.45) is 0.0168. The standard InChI is InChI=1S/C12H17NO3/c1-7-3-10(14)4-8(2)12(7)9(6-13)5-11(15)16/h3-4,9,14H,5-6,13H2,1-2H3,(H,15,16). The van der Waals surface area contributed by atoms with E-state index >= 15 is 0 Å². The Morgan fingerprint density at radius 1 is 1.38 bits per heavy atom. The summed E-state index contributed by atoms with van der Waals surface area (Å²) >= 11 is 0. The van der Waals surface area contributed by atoms with Gasteiger partial charge < -0.3 is 15.9 Å². The Hall–Kier alpha value is -1.55. The Balaban J connectivity index is 3.14. The van der Waals surface area contributed by atoms with Crippen LogP contribution in [0.15, 0.2) is 12.1 Å². The Morgan fingerprint density at radius 3 is 2.25 bits per heavy atom. The number of hydrogen-bond donors (Lipinski definition) is 3. The molecule has 0 saturated carbocycles. The summed E-state index contributed by atoms with van der Waals surface area (Å²) in [6, 6.07) is 3.26. The first-order chi connectivity index (χ1) is 7.45. The van der Waals surface area contributed by atoms with E-state index in [1.54, 1.807) is 12.1 Å². The van der Waals surface area contributed by atoms with Crippen LogP contribution in [0, 0.1) is 13.8 Å². The highest BCUT2D eigenvalue weighted by Gasteiger charge is 2.18. The molecule has 0 amide bonds. The molecule has 0 fully saturated rings. The molecule has 1 rings (SSSR count). The molecule has 0 radical (unpaired) electrons. The topological polar surface area (TPSA) is 83.5 Å². The Bertz CT molecular complexity index is 378. The maximum Gasteiger partial charge on any atom is 0.304 e. The maximum atomic E-state index is 10.7. The predicted octanol–water partition coefficient (Wildman–Crippen LogP) is 1.53. The van der Waals surface area contributed by atoms with E-state index in [4.69, 9.17) is 10.8 Å². The first kappa shape index (κ1) is 12.5. The lowest BCUT2D eigenvalue weighted by atomic mass is 9.88. The molecule has 4 heteroatoms. The molecule has 0 spiro atoms. The number of hydrogen-bond acceptors (Lipinski definition) is 3. The van der Waals surface area contributed by atoms with Gasteiger partial charge in [0.25, 0.3) is 0 Å². The van der Waals surface area contributed by atoms with Crippen molar-refractivity contribution in [3.05, 3.63) is 28.8 Å². The Labute approximate surface area is 94.7 Å². The fourth-order valence-corrected chi connectivity index (χ4v) is 2.11. The van der Waals surface area contributed by atoms with E-state index in [1.165, 1.54) is 0 Å². The van der Waals surface area contributed by atoms with Gasteiger partial charge in [-0.25, -0.2) is 0 Å². The van der Waals surface area contributed by atoms with Crippen molar-refractivity contribution in [2.45, 2.75) is 26.2 Å². The van der Waals surface area contributed by atoms with E-state index in [1.807, 2.05) is 13.8 Å². The van der Waals surface area contributed by atoms with Crippen molar-refractivity contribution >= 4 is 5.97 Å². The maximum absolute atomic E-state index is 10.7. The summed E-state index contributed by atoms with van der Waals surface area (Å²) in [4.78, 5) is 10.7. The monoisotopic (exact) mass is 223 g/mol. The van der Waals surface area contributed by atoms with Crippen LogP contribution >= 0.6 is 0 Å². The second kappa shape index (κ2) is 4.99. The molecule has 0 aliphatic heterocycles. The van der Waals surface area contributed by atoms with Gasteiger partial charge in [-0.3, -0.25) is 4.79 Å². The number of carbonyl (C=O) groups is 1. The third kappa shape index (κ3) is 2.73. The second-order valence-electron chi connectivity index (χ2n) is 4.02. The highest BCUT2D eigenvalue weighted by Crippen LogP contribution is 2.29. The van der Waals surface area contributed by atoms with Crippen molar-refractivity contribution in [1.29, 1.82) is 0 Å². The molecule has 0 heterocycles. The van der Waals surface area contributed by atoms with Gasteiger partial charge in [0.05, 0.1) is 6.42 Å². The summed E-state index contributed by atoms with van der Waals surface area (Å²) in [5.74, 6) is -0.856. The average Bonchev–Trinajstić information content (AvgIpc) is 2.13. The van der Waals surface area contributed by atoms with E-state index in [0.717, 1.165) is 16.7 Å². The molecular weight excluding hydrogens is 206 g/mol. The van der Waals surface area contributed by atoms with E-state index < -0.39 is 5.97 Å². The van der Waals surface area contributed by atoms with Crippen molar-refractivity contribution < 1.29 is 15.0 Å². The number of carboxylic acids is 1. The van der Waals surface area contributed by atoms with Crippen molar-refractivity contribution in [1.82, 2.24) is 0 Å². The molecule has 4 nitrogen and oxygen atoms in total. The van der Waals surface area contributed by atoms with Crippen LogP contribution in [0.2, 0.25) is 0 Å². The van der Waals surface area contributed by atoms with Crippen LogP contribution in [0.25, 0.3) is 0 Å². The number of carboxylic acid groups (broad SMARTS) is 1. The zero-order valence-corrected chi connectivity index (χ0v) is 9.53. The van der Waals surface area contributed by atoms with Crippen LogP contribution in [0.5, 0.6) is 5.75 Å². The number of nitrogens with two attached hydrogens (primary N) is 1. The molecule has 4 N–H and O–H groups in total. The van der Waals surface area contributed by atoms with Gasteiger partial charge in [-0.2, -0.15) is 0 Å². The minimum atomic E-state index is -0.859. The summed E-state index contributed by atoms with van der Waals surface area (Å²) in [5, 5.41) is 18.2. The van der Waals surface area contributed by atoms with Gasteiger partial charge in [0, 0.05) is 5.92 Å². The Kier molecular flexibility index (Phi) is 3.90. The summed E-state index contributed by atoms with van der Waals surface area (Å²) in [6.45, 7) is 4.00. The quantitative estimate of drug-likeness (QED) is 0.722. The molecule has 16 heavy (non-hydrogen) atoms.